The third-order valence-corrected chi connectivity index (χ3v) is 3.15. The van der Waals surface area contributed by atoms with Crippen LogP contribution >= 0.6 is 0 Å². The Hall–Kier alpha value is -2.44. The number of nitro benzene ring substituents is 1. The number of hydrogen-bond acceptors (Lipinski definition) is 4. The Labute approximate surface area is 115 Å². The molecule has 0 aliphatic heterocycles. The fourth-order valence-corrected chi connectivity index (χ4v) is 2.02. The third kappa shape index (κ3) is 3.11. The number of nitro groups is 1. The van der Waals surface area contributed by atoms with E-state index >= 15 is 0 Å². The van der Waals surface area contributed by atoms with Gasteiger partial charge in [0.2, 0.25) is 0 Å². The summed E-state index contributed by atoms with van der Waals surface area (Å²) in [6, 6.07) is 5.73. The second-order valence-electron chi connectivity index (χ2n) is 4.65. The molecule has 0 aromatic heterocycles. The number of para-hydroxylation sites is 1. The van der Waals surface area contributed by atoms with Crippen molar-refractivity contribution >= 4 is 17.6 Å². The van der Waals surface area contributed by atoms with Crippen molar-refractivity contribution < 1.29 is 19.6 Å². The monoisotopic (exact) mass is 278 g/mol. The lowest BCUT2D eigenvalue weighted by Gasteiger charge is -2.21. The molecule has 2 rings (SSSR count). The molecule has 0 unspecified atom stereocenters. The SMILES string of the molecule is O=C(O)CCN(C(=O)c1ccccc1[N+](=O)[O-])C1CC1. The maximum Gasteiger partial charge on any atom is 0.305 e. The fourth-order valence-electron chi connectivity index (χ4n) is 2.02. The first-order valence-electron chi connectivity index (χ1n) is 6.27. The highest BCUT2D eigenvalue weighted by atomic mass is 16.6. The molecular weight excluding hydrogens is 264 g/mol. The summed E-state index contributed by atoms with van der Waals surface area (Å²) in [7, 11) is 0. The Morgan fingerprint density at radius 2 is 2.00 bits per heavy atom. The number of aliphatic carboxylic acids is 1. The standard InChI is InChI=1S/C13H14N2O5/c16-12(17)7-8-14(9-5-6-9)13(18)10-3-1-2-4-11(10)15(19)20/h1-4,9H,5-8H2,(H,16,17). The molecule has 1 fully saturated rings. The summed E-state index contributed by atoms with van der Waals surface area (Å²) in [5.41, 5.74) is -0.242. The summed E-state index contributed by atoms with van der Waals surface area (Å²) in [4.78, 5) is 34.8. The zero-order chi connectivity index (χ0) is 14.7. The van der Waals surface area contributed by atoms with E-state index in [2.05, 4.69) is 0 Å². The van der Waals surface area contributed by atoms with Gasteiger partial charge in [-0.05, 0) is 18.9 Å². The van der Waals surface area contributed by atoms with Crippen LogP contribution in [0.15, 0.2) is 24.3 Å². The molecule has 1 aliphatic rings. The lowest BCUT2D eigenvalue weighted by molar-refractivity contribution is -0.385. The summed E-state index contributed by atoms with van der Waals surface area (Å²) in [6.07, 6.45) is 1.46. The number of benzene rings is 1. The van der Waals surface area contributed by atoms with Gasteiger partial charge in [-0.2, -0.15) is 0 Å². The van der Waals surface area contributed by atoms with Crippen molar-refractivity contribution in [3.8, 4) is 0 Å². The van der Waals surface area contributed by atoms with Gasteiger partial charge in [0.05, 0.1) is 11.3 Å². The van der Waals surface area contributed by atoms with Gasteiger partial charge in [-0.1, -0.05) is 12.1 Å². The molecule has 1 N–H and O–H groups in total. The van der Waals surface area contributed by atoms with Gasteiger partial charge in [-0.3, -0.25) is 19.7 Å². The molecule has 7 heteroatoms. The predicted molar refractivity (Wildman–Crippen MR) is 69.4 cm³/mol. The Bertz CT molecular complexity index is 553. The lowest BCUT2D eigenvalue weighted by Crippen LogP contribution is -2.35. The third-order valence-electron chi connectivity index (χ3n) is 3.15. The number of amides is 1. The van der Waals surface area contributed by atoms with E-state index < -0.39 is 16.8 Å². The van der Waals surface area contributed by atoms with Gasteiger partial charge in [0.15, 0.2) is 0 Å². The average Bonchev–Trinajstić information content (AvgIpc) is 3.23. The summed E-state index contributed by atoms with van der Waals surface area (Å²) >= 11 is 0. The van der Waals surface area contributed by atoms with Crippen molar-refractivity contribution in [2.45, 2.75) is 25.3 Å². The molecule has 7 nitrogen and oxygen atoms in total. The second kappa shape index (κ2) is 5.68. The zero-order valence-electron chi connectivity index (χ0n) is 10.7. The molecule has 1 aromatic rings. The summed E-state index contributed by atoms with van der Waals surface area (Å²) in [5, 5.41) is 19.7. The number of rotatable bonds is 6. The zero-order valence-corrected chi connectivity index (χ0v) is 10.7. The van der Waals surface area contributed by atoms with E-state index in [0.717, 1.165) is 12.8 Å². The van der Waals surface area contributed by atoms with Crippen molar-refractivity contribution in [3.63, 3.8) is 0 Å². The van der Waals surface area contributed by atoms with E-state index in [-0.39, 0.29) is 30.3 Å². The van der Waals surface area contributed by atoms with E-state index in [9.17, 15) is 19.7 Å². The predicted octanol–water partition coefficient (Wildman–Crippen LogP) is 1.67. The van der Waals surface area contributed by atoms with Crippen molar-refractivity contribution in [2.24, 2.45) is 0 Å². The molecule has 1 aliphatic carbocycles. The highest BCUT2D eigenvalue weighted by Crippen LogP contribution is 2.30. The highest BCUT2D eigenvalue weighted by Gasteiger charge is 2.35. The smallest absolute Gasteiger partial charge is 0.305 e. The van der Waals surface area contributed by atoms with E-state index in [1.165, 1.54) is 23.1 Å². The van der Waals surface area contributed by atoms with Crippen molar-refractivity contribution in [3.05, 3.63) is 39.9 Å². The van der Waals surface area contributed by atoms with Crippen LogP contribution in [-0.2, 0) is 4.79 Å². The van der Waals surface area contributed by atoms with Crippen molar-refractivity contribution in [1.29, 1.82) is 0 Å². The molecule has 1 saturated carbocycles. The minimum absolute atomic E-state index is 0.00154. The largest absolute Gasteiger partial charge is 0.481 e. The molecular formula is C13H14N2O5. The summed E-state index contributed by atoms with van der Waals surface area (Å²) in [5.74, 6) is -1.47. The summed E-state index contributed by atoms with van der Waals surface area (Å²) < 4.78 is 0. The van der Waals surface area contributed by atoms with Crippen LogP contribution in [-0.4, -0.2) is 39.4 Å². The van der Waals surface area contributed by atoms with Crippen LogP contribution in [0.2, 0.25) is 0 Å². The Balaban J connectivity index is 2.23. The van der Waals surface area contributed by atoms with Crippen LogP contribution in [0.4, 0.5) is 5.69 Å². The Morgan fingerprint density at radius 3 is 2.55 bits per heavy atom. The first-order chi connectivity index (χ1) is 9.50. The molecule has 0 atom stereocenters. The normalized spacial score (nSPS) is 13.8. The number of carbonyl (C=O) groups excluding carboxylic acids is 1. The molecule has 20 heavy (non-hydrogen) atoms. The van der Waals surface area contributed by atoms with Gasteiger partial charge < -0.3 is 10.0 Å². The summed E-state index contributed by atoms with van der Waals surface area (Å²) in [6.45, 7) is 0.0743. The maximum atomic E-state index is 12.4. The quantitative estimate of drug-likeness (QED) is 0.630. The average molecular weight is 278 g/mol. The fraction of sp³-hybridized carbons (Fsp3) is 0.385. The number of hydrogen-bond donors (Lipinski definition) is 1. The van der Waals surface area contributed by atoms with Crippen molar-refractivity contribution in [2.75, 3.05) is 6.54 Å². The number of carboxylic acid groups (broad SMARTS) is 1. The molecule has 1 amide bonds. The Morgan fingerprint density at radius 1 is 1.35 bits per heavy atom. The highest BCUT2D eigenvalue weighted by molar-refractivity contribution is 5.98. The first-order valence-corrected chi connectivity index (χ1v) is 6.27. The van der Waals surface area contributed by atoms with Gasteiger partial charge in [0.25, 0.3) is 11.6 Å². The molecule has 0 bridgehead atoms. The first kappa shape index (κ1) is 14.0. The van der Waals surface area contributed by atoms with E-state index in [0.29, 0.717) is 0 Å². The van der Waals surface area contributed by atoms with E-state index in [1.54, 1.807) is 6.07 Å². The second-order valence-corrected chi connectivity index (χ2v) is 4.65. The van der Waals surface area contributed by atoms with Gasteiger partial charge >= 0.3 is 5.97 Å². The molecule has 1 aromatic carbocycles. The van der Waals surface area contributed by atoms with Gasteiger partial charge in [-0.25, -0.2) is 0 Å². The Kier molecular flexibility index (Phi) is 3.97. The molecule has 0 saturated heterocycles. The maximum absolute atomic E-state index is 12.4. The molecule has 0 radical (unpaired) electrons. The molecule has 0 spiro atoms. The number of carbonyl (C=O) groups is 2. The van der Waals surface area contributed by atoms with Crippen LogP contribution in [0.3, 0.4) is 0 Å². The van der Waals surface area contributed by atoms with Crippen molar-refractivity contribution in [1.82, 2.24) is 4.90 Å². The topological polar surface area (TPSA) is 101 Å². The van der Waals surface area contributed by atoms with Crippen LogP contribution < -0.4 is 0 Å². The number of carboxylic acids is 1. The van der Waals surface area contributed by atoms with Crippen LogP contribution in [0.5, 0.6) is 0 Å². The van der Waals surface area contributed by atoms with Gasteiger partial charge in [-0.15, -0.1) is 0 Å². The lowest BCUT2D eigenvalue weighted by atomic mass is 10.1. The minimum Gasteiger partial charge on any atom is -0.481 e. The van der Waals surface area contributed by atoms with E-state index in [4.69, 9.17) is 5.11 Å². The van der Waals surface area contributed by atoms with Gasteiger partial charge in [0, 0.05) is 18.7 Å². The minimum atomic E-state index is -0.994. The number of nitrogens with zero attached hydrogens (tertiary/aromatic N) is 2. The van der Waals surface area contributed by atoms with E-state index in [1.807, 2.05) is 0 Å². The molecule has 106 valence electrons. The van der Waals surface area contributed by atoms with Crippen LogP contribution in [0.25, 0.3) is 0 Å². The van der Waals surface area contributed by atoms with Crippen LogP contribution in [0.1, 0.15) is 29.6 Å². The van der Waals surface area contributed by atoms with Crippen LogP contribution in [0, 0.1) is 10.1 Å². The molecule has 0 heterocycles. The van der Waals surface area contributed by atoms with Gasteiger partial charge in [0.1, 0.15) is 5.56 Å².